The number of nitrogens with zero attached hydrogens (tertiary/aromatic N) is 3. The van der Waals surface area contributed by atoms with Crippen molar-refractivity contribution in [3.63, 3.8) is 0 Å². The van der Waals surface area contributed by atoms with Crippen LogP contribution in [0.15, 0.2) is 35.9 Å². The lowest BCUT2D eigenvalue weighted by atomic mass is 10.4. The molecule has 8 heteroatoms. The Morgan fingerprint density at radius 1 is 1.30 bits per heavy atom. The standard InChI is InChI=1S/C12H17N5O2S/c1-3-17-8-12(4-11(17)7-13-2)20(18,19)16-10-5-14-9-15-6-10/h4-6,8-9,13,16H,3,7H2,1-2H3. The van der Waals surface area contributed by atoms with Crippen LogP contribution in [0.3, 0.4) is 0 Å². The maximum absolute atomic E-state index is 12.3. The highest BCUT2D eigenvalue weighted by atomic mass is 32.2. The Bertz CT molecular complexity index is 666. The van der Waals surface area contributed by atoms with E-state index in [9.17, 15) is 8.42 Å². The molecule has 0 atom stereocenters. The lowest BCUT2D eigenvalue weighted by Crippen LogP contribution is -2.12. The summed E-state index contributed by atoms with van der Waals surface area (Å²) in [5, 5.41) is 3.02. The van der Waals surface area contributed by atoms with Gasteiger partial charge in [-0.3, -0.25) is 4.72 Å². The number of anilines is 1. The van der Waals surface area contributed by atoms with Crippen LogP contribution in [0, 0.1) is 0 Å². The molecule has 7 nitrogen and oxygen atoms in total. The first kappa shape index (κ1) is 14.5. The highest BCUT2D eigenvalue weighted by Gasteiger charge is 2.18. The average molecular weight is 295 g/mol. The minimum Gasteiger partial charge on any atom is -0.349 e. The van der Waals surface area contributed by atoms with Crippen LogP contribution in [0.5, 0.6) is 0 Å². The van der Waals surface area contributed by atoms with E-state index in [1.165, 1.54) is 18.7 Å². The topological polar surface area (TPSA) is 88.9 Å². The predicted molar refractivity (Wildman–Crippen MR) is 75.7 cm³/mol. The molecule has 0 saturated carbocycles. The SMILES string of the molecule is CCn1cc(S(=O)(=O)Nc2cncnc2)cc1CNC. The Morgan fingerprint density at radius 2 is 2.00 bits per heavy atom. The van der Waals surface area contributed by atoms with Gasteiger partial charge in [-0.05, 0) is 20.0 Å². The van der Waals surface area contributed by atoms with Crippen molar-refractivity contribution < 1.29 is 8.42 Å². The second-order valence-electron chi connectivity index (χ2n) is 4.22. The molecule has 0 unspecified atom stereocenters. The zero-order valence-corrected chi connectivity index (χ0v) is 12.2. The van der Waals surface area contributed by atoms with Gasteiger partial charge in [0, 0.05) is 25.0 Å². The van der Waals surface area contributed by atoms with E-state index in [1.54, 1.807) is 12.3 Å². The molecule has 0 aliphatic heterocycles. The van der Waals surface area contributed by atoms with Crippen molar-refractivity contribution >= 4 is 15.7 Å². The Hall–Kier alpha value is -1.93. The van der Waals surface area contributed by atoms with E-state index < -0.39 is 10.0 Å². The molecule has 0 bridgehead atoms. The molecule has 2 heterocycles. The van der Waals surface area contributed by atoms with Crippen molar-refractivity contribution in [1.29, 1.82) is 0 Å². The summed E-state index contributed by atoms with van der Waals surface area (Å²) in [6.45, 7) is 3.28. The minimum absolute atomic E-state index is 0.230. The normalized spacial score (nSPS) is 11.5. The van der Waals surface area contributed by atoms with E-state index in [2.05, 4.69) is 20.0 Å². The Morgan fingerprint density at radius 3 is 2.60 bits per heavy atom. The molecule has 0 aliphatic rings. The van der Waals surface area contributed by atoms with Crippen LogP contribution >= 0.6 is 0 Å². The summed E-state index contributed by atoms with van der Waals surface area (Å²) < 4.78 is 28.9. The van der Waals surface area contributed by atoms with Crippen molar-refractivity contribution in [2.75, 3.05) is 11.8 Å². The largest absolute Gasteiger partial charge is 0.349 e. The van der Waals surface area contributed by atoms with Gasteiger partial charge in [-0.2, -0.15) is 0 Å². The minimum atomic E-state index is -3.62. The molecule has 0 fully saturated rings. The van der Waals surface area contributed by atoms with Crippen molar-refractivity contribution in [3.05, 3.63) is 36.7 Å². The molecule has 0 aromatic carbocycles. The highest BCUT2D eigenvalue weighted by molar-refractivity contribution is 7.92. The summed E-state index contributed by atoms with van der Waals surface area (Å²) in [7, 11) is -1.80. The Kier molecular flexibility index (Phi) is 4.35. The Balaban J connectivity index is 2.30. The number of nitrogens with one attached hydrogen (secondary N) is 2. The van der Waals surface area contributed by atoms with Gasteiger partial charge in [0.25, 0.3) is 10.0 Å². The van der Waals surface area contributed by atoms with Gasteiger partial charge in [-0.15, -0.1) is 0 Å². The van der Waals surface area contributed by atoms with Gasteiger partial charge >= 0.3 is 0 Å². The maximum atomic E-state index is 12.3. The quantitative estimate of drug-likeness (QED) is 0.823. The molecular formula is C12H17N5O2S. The van der Waals surface area contributed by atoms with Crippen LogP contribution < -0.4 is 10.0 Å². The average Bonchev–Trinajstić information content (AvgIpc) is 2.84. The first-order valence-electron chi connectivity index (χ1n) is 6.18. The molecule has 0 aliphatic carbocycles. The van der Waals surface area contributed by atoms with Gasteiger partial charge < -0.3 is 9.88 Å². The van der Waals surface area contributed by atoms with Crippen LogP contribution in [0.1, 0.15) is 12.6 Å². The Labute approximate surface area is 118 Å². The third-order valence-corrected chi connectivity index (χ3v) is 4.13. The number of aryl methyl sites for hydroxylation is 1. The van der Waals surface area contributed by atoms with Crippen LogP contribution in [-0.2, 0) is 23.1 Å². The molecule has 2 aromatic rings. The number of aromatic nitrogens is 3. The molecule has 0 radical (unpaired) electrons. The van der Waals surface area contributed by atoms with Gasteiger partial charge in [-0.25, -0.2) is 18.4 Å². The van der Waals surface area contributed by atoms with E-state index in [0.717, 1.165) is 5.69 Å². The fourth-order valence-electron chi connectivity index (χ4n) is 1.86. The molecular weight excluding hydrogens is 278 g/mol. The third-order valence-electron chi connectivity index (χ3n) is 2.78. The van der Waals surface area contributed by atoms with E-state index >= 15 is 0 Å². The summed E-state index contributed by atoms with van der Waals surface area (Å²) in [5.41, 5.74) is 1.26. The third kappa shape index (κ3) is 3.14. The lowest BCUT2D eigenvalue weighted by molar-refractivity contribution is 0.600. The van der Waals surface area contributed by atoms with Gasteiger partial charge in [-0.1, -0.05) is 0 Å². The van der Waals surface area contributed by atoms with Crippen molar-refractivity contribution in [3.8, 4) is 0 Å². The smallest absolute Gasteiger partial charge is 0.263 e. The second kappa shape index (κ2) is 6.02. The van der Waals surface area contributed by atoms with Crippen LogP contribution in [0.2, 0.25) is 0 Å². The fraction of sp³-hybridized carbons (Fsp3) is 0.333. The van der Waals surface area contributed by atoms with Crippen molar-refractivity contribution in [2.24, 2.45) is 0 Å². The number of hydrogen-bond donors (Lipinski definition) is 2. The van der Waals surface area contributed by atoms with Crippen molar-refractivity contribution in [2.45, 2.75) is 24.9 Å². The van der Waals surface area contributed by atoms with E-state index in [0.29, 0.717) is 18.8 Å². The van der Waals surface area contributed by atoms with Crippen LogP contribution in [-0.4, -0.2) is 30.0 Å². The first-order valence-corrected chi connectivity index (χ1v) is 7.66. The highest BCUT2D eigenvalue weighted by Crippen LogP contribution is 2.18. The zero-order valence-electron chi connectivity index (χ0n) is 11.4. The van der Waals surface area contributed by atoms with Crippen LogP contribution in [0.25, 0.3) is 0 Å². The van der Waals surface area contributed by atoms with Crippen molar-refractivity contribution in [1.82, 2.24) is 19.9 Å². The molecule has 0 saturated heterocycles. The molecule has 0 amide bonds. The van der Waals surface area contributed by atoms with E-state index in [1.807, 2.05) is 18.5 Å². The van der Waals surface area contributed by atoms with Gasteiger partial charge in [0.05, 0.1) is 18.1 Å². The van der Waals surface area contributed by atoms with Gasteiger partial charge in [0.1, 0.15) is 11.2 Å². The second-order valence-corrected chi connectivity index (χ2v) is 5.90. The molecule has 2 aromatic heterocycles. The molecule has 2 N–H and O–H groups in total. The number of sulfonamides is 1. The summed E-state index contributed by atoms with van der Waals surface area (Å²) in [6, 6.07) is 1.66. The molecule has 2 rings (SSSR count). The lowest BCUT2D eigenvalue weighted by Gasteiger charge is -2.04. The zero-order chi connectivity index (χ0) is 14.6. The summed E-state index contributed by atoms with van der Waals surface area (Å²) in [4.78, 5) is 7.79. The maximum Gasteiger partial charge on any atom is 0.263 e. The number of rotatable bonds is 6. The van der Waals surface area contributed by atoms with E-state index in [-0.39, 0.29) is 4.90 Å². The monoisotopic (exact) mass is 295 g/mol. The first-order chi connectivity index (χ1) is 9.56. The van der Waals surface area contributed by atoms with Crippen LogP contribution in [0.4, 0.5) is 5.69 Å². The van der Waals surface area contributed by atoms with Gasteiger partial charge in [0.15, 0.2) is 0 Å². The molecule has 20 heavy (non-hydrogen) atoms. The summed E-state index contributed by atoms with van der Waals surface area (Å²) >= 11 is 0. The molecule has 108 valence electrons. The summed E-state index contributed by atoms with van der Waals surface area (Å²) in [5.74, 6) is 0. The van der Waals surface area contributed by atoms with E-state index in [4.69, 9.17) is 0 Å². The molecule has 0 spiro atoms. The van der Waals surface area contributed by atoms with Gasteiger partial charge in [0.2, 0.25) is 0 Å². The summed E-state index contributed by atoms with van der Waals surface area (Å²) in [6.07, 6.45) is 5.79. The predicted octanol–water partition coefficient (Wildman–Crippen LogP) is 0.818. The fourth-order valence-corrected chi connectivity index (χ4v) is 2.95. The number of hydrogen-bond acceptors (Lipinski definition) is 5.